The number of aromatic nitrogens is 2. The van der Waals surface area contributed by atoms with Gasteiger partial charge in [0, 0.05) is 19.8 Å². The van der Waals surface area contributed by atoms with Crippen molar-refractivity contribution in [1.82, 2.24) is 15.1 Å². The smallest absolute Gasteiger partial charge is 0.0553 e. The number of hydrogen-bond acceptors (Lipinski definition) is 2. The molecule has 2 unspecified atom stereocenters. The zero-order valence-corrected chi connectivity index (χ0v) is 7.90. The summed E-state index contributed by atoms with van der Waals surface area (Å²) < 4.78 is 1.99. The van der Waals surface area contributed by atoms with Crippen LogP contribution in [0.5, 0.6) is 0 Å². The second-order valence-corrected chi connectivity index (χ2v) is 4.27. The lowest BCUT2D eigenvalue weighted by atomic mass is 9.85. The van der Waals surface area contributed by atoms with E-state index in [0.29, 0.717) is 6.04 Å². The van der Waals surface area contributed by atoms with Crippen LogP contribution >= 0.6 is 0 Å². The minimum Gasteiger partial charge on any atom is -0.308 e. The molecule has 2 fully saturated rings. The number of hydrogen-bond donors (Lipinski definition) is 1. The topological polar surface area (TPSA) is 29.9 Å². The van der Waals surface area contributed by atoms with Gasteiger partial charge in [0.25, 0.3) is 0 Å². The SMILES string of the molecule is Cn1nccc1C1NCC1C1CC1. The normalized spacial score (nSPS) is 33.0. The minimum atomic E-state index is 0.583. The molecular formula is C10H15N3. The Bertz CT molecular complexity index is 314. The highest BCUT2D eigenvalue weighted by Gasteiger charge is 2.43. The predicted octanol–water partition coefficient (Wildman–Crippen LogP) is 1.09. The van der Waals surface area contributed by atoms with Crippen LogP contribution in [0.15, 0.2) is 12.3 Å². The van der Waals surface area contributed by atoms with E-state index < -0.39 is 0 Å². The molecule has 70 valence electrons. The van der Waals surface area contributed by atoms with Gasteiger partial charge in [-0.1, -0.05) is 0 Å². The predicted molar refractivity (Wildman–Crippen MR) is 50.2 cm³/mol. The molecule has 1 aromatic heterocycles. The molecule has 3 rings (SSSR count). The maximum atomic E-state index is 4.21. The van der Waals surface area contributed by atoms with Crippen molar-refractivity contribution in [2.24, 2.45) is 18.9 Å². The van der Waals surface area contributed by atoms with Gasteiger partial charge in [-0.15, -0.1) is 0 Å². The summed E-state index contributed by atoms with van der Waals surface area (Å²) in [4.78, 5) is 0. The van der Waals surface area contributed by atoms with E-state index in [4.69, 9.17) is 0 Å². The fourth-order valence-electron chi connectivity index (χ4n) is 2.35. The Hall–Kier alpha value is -0.830. The van der Waals surface area contributed by atoms with Crippen LogP contribution in [0.3, 0.4) is 0 Å². The number of nitrogens with one attached hydrogen (secondary N) is 1. The summed E-state index contributed by atoms with van der Waals surface area (Å²) in [5, 5.41) is 7.71. The van der Waals surface area contributed by atoms with Gasteiger partial charge in [0.2, 0.25) is 0 Å². The molecule has 1 aromatic rings. The Labute approximate surface area is 78.1 Å². The molecule has 1 aliphatic heterocycles. The van der Waals surface area contributed by atoms with E-state index in [0.717, 1.165) is 11.8 Å². The average molecular weight is 177 g/mol. The second kappa shape index (κ2) is 2.58. The monoisotopic (exact) mass is 177 g/mol. The highest BCUT2D eigenvalue weighted by molar-refractivity contribution is 5.14. The van der Waals surface area contributed by atoms with Gasteiger partial charge >= 0.3 is 0 Å². The summed E-state index contributed by atoms with van der Waals surface area (Å²) in [7, 11) is 2.03. The number of rotatable bonds is 2. The lowest BCUT2D eigenvalue weighted by molar-refractivity contribution is 0.197. The first-order valence-electron chi connectivity index (χ1n) is 5.07. The molecule has 0 bridgehead atoms. The van der Waals surface area contributed by atoms with Gasteiger partial charge in [-0.2, -0.15) is 5.10 Å². The van der Waals surface area contributed by atoms with Crippen molar-refractivity contribution >= 4 is 0 Å². The lowest BCUT2D eigenvalue weighted by Gasteiger charge is -2.38. The summed E-state index contributed by atoms with van der Waals surface area (Å²) in [6.45, 7) is 1.21. The van der Waals surface area contributed by atoms with Crippen LogP contribution in [0.25, 0.3) is 0 Å². The molecule has 2 atom stereocenters. The third-order valence-corrected chi connectivity index (χ3v) is 3.41. The Balaban J connectivity index is 1.81. The molecule has 2 heterocycles. The molecule has 1 saturated heterocycles. The summed E-state index contributed by atoms with van der Waals surface area (Å²) in [5.41, 5.74) is 1.35. The van der Waals surface area contributed by atoms with E-state index >= 15 is 0 Å². The largest absolute Gasteiger partial charge is 0.308 e. The van der Waals surface area contributed by atoms with Crippen molar-refractivity contribution in [3.05, 3.63) is 18.0 Å². The molecule has 1 saturated carbocycles. The van der Waals surface area contributed by atoms with Gasteiger partial charge in [0.05, 0.1) is 11.7 Å². The van der Waals surface area contributed by atoms with Crippen molar-refractivity contribution in [2.45, 2.75) is 18.9 Å². The summed E-state index contributed by atoms with van der Waals surface area (Å²) in [6.07, 6.45) is 4.78. The van der Waals surface area contributed by atoms with Crippen LogP contribution in [-0.2, 0) is 7.05 Å². The Kier molecular flexibility index (Phi) is 1.50. The van der Waals surface area contributed by atoms with Gasteiger partial charge in [-0.3, -0.25) is 4.68 Å². The standard InChI is InChI=1S/C10H15N3/c1-13-9(4-5-12-13)10-8(6-11-10)7-2-3-7/h4-5,7-8,10-11H,2-3,6H2,1H3. The maximum Gasteiger partial charge on any atom is 0.0553 e. The molecular weight excluding hydrogens is 162 g/mol. The van der Waals surface area contributed by atoms with E-state index in [1.54, 1.807) is 0 Å². The Morgan fingerprint density at radius 1 is 1.54 bits per heavy atom. The zero-order valence-electron chi connectivity index (χ0n) is 7.90. The van der Waals surface area contributed by atoms with Crippen LogP contribution in [0.2, 0.25) is 0 Å². The molecule has 2 aliphatic rings. The van der Waals surface area contributed by atoms with Gasteiger partial charge < -0.3 is 5.32 Å². The van der Waals surface area contributed by atoms with Crippen molar-refractivity contribution < 1.29 is 0 Å². The maximum absolute atomic E-state index is 4.21. The molecule has 0 radical (unpaired) electrons. The summed E-state index contributed by atoms with van der Waals surface area (Å²) >= 11 is 0. The fourth-order valence-corrected chi connectivity index (χ4v) is 2.35. The Morgan fingerprint density at radius 2 is 2.38 bits per heavy atom. The van der Waals surface area contributed by atoms with E-state index in [-0.39, 0.29) is 0 Å². The van der Waals surface area contributed by atoms with E-state index in [1.165, 1.54) is 25.1 Å². The molecule has 0 spiro atoms. The molecule has 1 aliphatic carbocycles. The first-order chi connectivity index (χ1) is 6.36. The molecule has 3 heteroatoms. The van der Waals surface area contributed by atoms with E-state index in [2.05, 4.69) is 16.5 Å². The van der Waals surface area contributed by atoms with Gasteiger partial charge in [-0.25, -0.2) is 0 Å². The van der Waals surface area contributed by atoms with Crippen LogP contribution in [-0.4, -0.2) is 16.3 Å². The average Bonchev–Trinajstić information content (AvgIpc) is 2.77. The van der Waals surface area contributed by atoms with E-state index in [1.807, 2.05) is 17.9 Å². The van der Waals surface area contributed by atoms with Crippen molar-refractivity contribution in [3.63, 3.8) is 0 Å². The first kappa shape index (κ1) is 7.56. The molecule has 0 aromatic carbocycles. The molecule has 0 amide bonds. The minimum absolute atomic E-state index is 0.583. The van der Waals surface area contributed by atoms with Crippen molar-refractivity contribution in [3.8, 4) is 0 Å². The fraction of sp³-hybridized carbons (Fsp3) is 0.700. The van der Waals surface area contributed by atoms with Gasteiger partial charge in [-0.05, 0) is 30.7 Å². The van der Waals surface area contributed by atoms with Crippen LogP contribution in [0.1, 0.15) is 24.6 Å². The highest BCUT2D eigenvalue weighted by Crippen LogP contribution is 2.46. The zero-order chi connectivity index (χ0) is 8.84. The third-order valence-electron chi connectivity index (χ3n) is 3.41. The van der Waals surface area contributed by atoms with Gasteiger partial charge in [0.1, 0.15) is 0 Å². The van der Waals surface area contributed by atoms with Crippen LogP contribution in [0, 0.1) is 11.8 Å². The lowest BCUT2D eigenvalue weighted by Crippen LogP contribution is -2.47. The van der Waals surface area contributed by atoms with E-state index in [9.17, 15) is 0 Å². The third kappa shape index (κ3) is 1.10. The van der Waals surface area contributed by atoms with Gasteiger partial charge in [0.15, 0.2) is 0 Å². The quantitative estimate of drug-likeness (QED) is 0.733. The second-order valence-electron chi connectivity index (χ2n) is 4.27. The highest BCUT2D eigenvalue weighted by atomic mass is 15.3. The number of nitrogens with zero attached hydrogens (tertiary/aromatic N) is 2. The molecule has 1 N–H and O–H groups in total. The summed E-state index contributed by atoms with van der Waals surface area (Å²) in [6, 6.07) is 2.71. The van der Waals surface area contributed by atoms with Crippen molar-refractivity contribution in [2.75, 3.05) is 6.54 Å². The summed E-state index contributed by atoms with van der Waals surface area (Å²) in [5.74, 6) is 1.89. The Morgan fingerprint density at radius 3 is 2.85 bits per heavy atom. The molecule has 13 heavy (non-hydrogen) atoms. The van der Waals surface area contributed by atoms with Crippen LogP contribution in [0.4, 0.5) is 0 Å². The van der Waals surface area contributed by atoms with Crippen LogP contribution < -0.4 is 5.32 Å². The van der Waals surface area contributed by atoms with Crippen molar-refractivity contribution in [1.29, 1.82) is 0 Å². The number of aryl methyl sites for hydroxylation is 1. The molecule has 3 nitrogen and oxygen atoms in total. The first-order valence-corrected chi connectivity index (χ1v) is 5.07.